The molecule has 8 heteroatoms. The Labute approximate surface area is 172 Å². The molecule has 0 fully saturated rings. The van der Waals surface area contributed by atoms with E-state index in [1.807, 2.05) is 48.0 Å². The number of methoxy groups -OCH3 is 2. The number of benzene rings is 1. The van der Waals surface area contributed by atoms with Crippen molar-refractivity contribution in [1.82, 2.24) is 19.5 Å². The predicted molar refractivity (Wildman–Crippen MR) is 111 cm³/mol. The molecule has 0 aliphatic carbocycles. The number of fused-ring (bicyclic) bond motifs is 1. The van der Waals surface area contributed by atoms with Crippen molar-refractivity contribution >= 4 is 22.5 Å². The third-order valence-electron chi connectivity index (χ3n) is 4.66. The van der Waals surface area contributed by atoms with Gasteiger partial charge >= 0.3 is 0 Å². The number of nitrogens with zero attached hydrogens (tertiary/aromatic N) is 4. The number of halogens is 1. The molecule has 0 saturated carbocycles. The maximum absolute atomic E-state index is 6.05. The highest BCUT2D eigenvalue weighted by Crippen LogP contribution is 2.38. The van der Waals surface area contributed by atoms with Crippen molar-refractivity contribution in [3.63, 3.8) is 0 Å². The molecule has 4 rings (SSSR count). The standard InChI is InChI=1S/C21H19ClN4O3/c1-26-16(8-14-9-18(22)23-10-17(14)26)19-20(28-3)24-12-25-21(19)29-11-13-4-6-15(27-2)7-5-13/h4-10,12H,11H2,1-3H3. The molecule has 0 aliphatic heterocycles. The van der Waals surface area contributed by atoms with E-state index in [0.717, 1.165) is 27.9 Å². The first-order valence-electron chi connectivity index (χ1n) is 8.86. The van der Waals surface area contributed by atoms with Crippen LogP contribution in [0.2, 0.25) is 5.15 Å². The van der Waals surface area contributed by atoms with Gasteiger partial charge in [0.05, 0.1) is 31.6 Å². The van der Waals surface area contributed by atoms with Crippen molar-refractivity contribution in [2.45, 2.75) is 6.61 Å². The van der Waals surface area contributed by atoms with Crippen molar-refractivity contribution in [1.29, 1.82) is 0 Å². The van der Waals surface area contributed by atoms with Gasteiger partial charge in [-0.2, -0.15) is 0 Å². The van der Waals surface area contributed by atoms with Crippen LogP contribution >= 0.6 is 11.6 Å². The molecular weight excluding hydrogens is 392 g/mol. The number of ether oxygens (including phenoxy) is 3. The minimum absolute atomic E-state index is 0.342. The first kappa shape index (κ1) is 19.0. The second kappa shape index (κ2) is 7.97. The quantitative estimate of drug-likeness (QED) is 0.442. The Bertz CT molecular complexity index is 1160. The van der Waals surface area contributed by atoms with Crippen LogP contribution in [0.25, 0.3) is 22.2 Å². The average Bonchev–Trinajstić information content (AvgIpc) is 3.07. The maximum Gasteiger partial charge on any atom is 0.230 e. The van der Waals surface area contributed by atoms with Gasteiger partial charge in [-0.1, -0.05) is 23.7 Å². The molecule has 1 aromatic carbocycles. The molecule has 0 unspecified atom stereocenters. The van der Waals surface area contributed by atoms with Gasteiger partial charge in [0.2, 0.25) is 11.8 Å². The van der Waals surface area contributed by atoms with Crippen molar-refractivity contribution in [2.24, 2.45) is 7.05 Å². The molecule has 0 bridgehead atoms. The number of aryl methyl sites for hydroxylation is 1. The normalized spacial score (nSPS) is 10.9. The summed E-state index contributed by atoms with van der Waals surface area (Å²) in [7, 11) is 5.14. The summed E-state index contributed by atoms with van der Waals surface area (Å²) in [5.41, 5.74) is 3.42. The first-order chi connectivity index (χ1) is 14.1. The van der Waals surface area contributed by atoms with Crippen LogP contribution in [0.1, 0.15) is 5.56 Å². The van der Waals surface area contributed by atoms with Crippen molar-refractivity contribution in [3.05, 3.63) is 59.6 Å². The lowest BCUT2D eigenvalue weighted by molar-refractivity contribution is 0.291. The lowest BCUT2D eigenvalue weighted by Gasteiger charge is -2.14. The minimum atomic E-state index is 0.342. The zero-order valence-corrected chi connectivity index (χ0v) is 17.0. The molecular formula is C21H19ClN4O3. The molecule has 29 heavy (non-hydrogen) atoms. The highest BCUT2D eigenvalue weighted by atomic mass is 35.5. The van der Waals surface area contributed by atoms with Gasteiger partial charge in [0.25, 0.3) is 0 Å². The van der Waals surface area contributed by atoms with E-state index in [1.54, 1.807) is 20.4 Å². The molecule has 4 aromatic rings. The SMILES string of the molecule is COc1ccc(COc2ncnc(OC)c2-c2cc3cc(Cl)ncc3n2C)cc1. The summed E-state index contributed by atoms with van der Waals surface area (Å²) in [4.78, 5) is 12.8. The van der Waals surface area contributed by atoms with Gasteiger partial charge < -0.3 is 18.8 Å². The lowest BCUT2D eigenvalue weighted by atomic mass is 10.2. The second-order valence-electron chi connectivity index (χ2n) is 6.35. The Balaban J connectivity index is 1.74. The van der Waals surface area contributed by atoms with Gasteiger partial charge in [0, 0.05) is 12.4 Å². The summed E-state index contributed by atoms with van der Waals surface area (Å²) >= 11 is 6.05. The third-order valence-corrected chi connectivity index (χ3v) is 4.86. The van der Waals surface area contributed by atoms with Crippen LogP contribution in [-0.2, 0) is 13.7 Å². The van der Waals surface area contributed by atoms with Crippen molar-refractivity contribution in [3.8, 4) is 28.8 Å². The van der Waals surface area contributed by atoms with E-state index in [9.17, 15) is 0 Å². The fraction of sp³-hybridized carbons (Fsp3) is 0.190. The number of rotatable bonds is 6. The summed E-state index contributed by atoms with van der Waals surface area (Å²) in [6.45, 7) is 0.342. The lowest BCUT2D eigenvalue weighted by Crippen LogP contribution is -2.04. The smallest absolute Gasteiger partial charge is 0.230 e. The summed E-state index contributed by atoms with van der Waals surface area (Å²) in [5, 5.41) is 1.39. The van der Waals surface area contributed by atoms with Crippen LogP contribution in [0, 0.1) is 0 Å². The van der Waals surface area contributed by atoms with E-state index in [0.29, 0.717) is 29.1 Å². The summed E-state index contributed by atoms with van der Waals surface area (Å²) in [6.07, 6.45) is 3.15. The summed E-state index contributed by atoms with van der Waals surface area (Å²) < 4.78 is 18.7. The van der Waals surface area contributed by atoms with E-state index < -0.39 is 0 Å². The Morgan fingerprint density at radius 2 is 1.72 bits per heavy atom. The molecule has 148 valence electrons. The Morgan fingerprint density at radius 1 is 0.966 bits per heavy atom. The Morgan fingerprint density at radius 3 is 2.45 bits per heavy atom. The molecule has 0 radical (unpaired) electrons. The second-order valence-corrected chi connectivity index (χ2v) is 6.74. The molecule has 3 aromatic heterocycles. The summed E-state index contributed by atoms with van der Waals surface area (Å²) in [6, 6.07) is 11.5. The topological polar surface area (TPSA) is 71.3 Å². The van der Waals surface area contributed by atoms with E-state index in [-0.39, 0.29) is 0 Å². The monoisotopic (exact) mass is 410 g/mol. The van der Waals surface area contributed by atoms with Gasteiger partial charge in [-0.3, -0.25) is 0 Å². The molecule has 0 N–H and O–H groups in total. The molecule has 0 saturated heterocycles. The van der Waals surface area contributed by atoms with Crippen LogP contribution in [-0.4, -0.2) is 33.7 Å². The van der Waals surface area contributed by atoms with E-state index in [1.165, 1.54) is 6.33 Å². The predicted octanol–water partition coefficient (Wildman–Crippen LogP) is 4.28. The number of pyridine rings is 1. The molecule has 0 spiro atoms. The highest BCUT2D eigenvalue weighted by molar-refractivity contribution is 6.30. The third kappa shape index (κ3) is 3.69. The van der Waals surface area contributed by atoms with Crippen LogP contribution in [0.5, 0.6) is 17.5 Å². The highest BCUT2D eigenvalue weighted by Gasteiger charge is 2.20. The van der Waals surface area contributed by atoms with E-state index >= 15 is 0 Å². The van der Waals surface area contributed by atoms with Gasteiger partial charge in [-0.25, -0.2) is 15.0 Å². The van der Waals surface area contributed by atoms with Crippen molar-refractivity contribution in [2.75, 3.05) is 14.2 Å². The maximum atomic E-state index is 6.05. The molecule has 0 atom stereocenters. The number of aromatic nitrogens is 4. The van der Waals surface area contributed by atoms with Crippen LogP contribution in [0.3, 0.4) is 0 Å². The first-order valence-corrected chi connectivity index (χ1v) is 9.24. The number of hydrogen-bond acceptors (Lipinski definition) is 6. The van der Waals surface area contributed by atoms with E-state index in [2.05, 4.69) is 15.0 Å². The zero-order chi connectivity index (χ0) is 20.4. The minimum Gasteiger partial charge on any atom is -0.497 e. The molecule has 0 aliphatic rings. The average molecular weight is 411 g/mol. The van der Waals surface area contributed by atoms with Gasteiger partial charge in [0.1, 0.15) is 29.4 Å². The van der Waals surface area contributed by atoms with Gasteiger partial charge in [0.15, 0.2) is 0 Å². The Hall–Kier alpha value is -3.32. The molecule has 0 amide bonds. The Kier molecular flexibility index (Phi) is 5.22. The fourth-order valence-corrected chi connectivity index (χ4v) is 3.32. The number of hydrogen-bond donors (Lipinski definition) is 0. The van der Waals surface area contributed by atoms with Gasteiger partial charge in [-0.15, -0.1) is 0 Å². The molecule has 3 heterocycles. The largest absolute Gasteiger partial charge is 0.497 e. The summed E-state index contributed by atoms with van der Waals surface area (Å²) in [5.74, 6) is 1.65. The van der Waals surface area contributed by atoms with Crippen LogP contribution in [0.15, 0.2) is 48.9 Å². The fourth-order valence-electron chi connectivity index (χ4n) is 3.16. The van der Waals surface area contributed by atoms with Gasteiger partial charge in [-0.05, 0) is 29.8 Å². The van der Waals surface area contributed by atoms with Crippen LogP contribution in [0.4, 0.5) is 0 Å². The van der Waals surface area contributed by atoms with Crippen LogP contribution < -0.4 is 14.2 Å². The van der Waals surface area contributed by atoms with E-state index in [4.69, 9.17) is 25.8 Å². The molecule has 7 nitrogen and oxygen atoms in total. The van der Waals surface area contributed by atoms with Crippen molar-refractivity contribution < 1.29 is 14.2 Å². The zero-order valence-electron chi connectivity index (χ0n) is 16.2.